The van der Waals surface area contributed by atoms with Crippen LogP contribution >= 0.6 is 11.6 Å². The van der Waals surface area contributed by atoms with Gasteiger partial charge in [0.05, 0.1) is 17.8 Å². The van der Waals surface area contributed by atoms with Gasteiger partial charge in [0.15, 0.2) is 0 Å². The summed E-state index contributed by atoms with van der Waals surface area (Å²) < 4.78 is 14.9. The number of hydrogen-bond donors (Lipinski definition) is 1. The normalized spacial score (nSPS) is 10.8. The Morgan fingerprint density at radius 2 is 1.73 bits per heavy atom. The van der Waals surface area contributed by atoms with E-state index in [2.05, 4.69) is 5.10 Å². The molecule has 0 radical (unpaired) electrons. The average molecular weight is 429 g/mol. The largest absolute Gasteiger partial charge is 0.370 e. The molecular formula is C22H22ClFN4O2. The maximum Gasteiger partial charge on any atom is 0.263 e. The van der Waals surface area contributed by atoms with E-state index in [9.17, 15) is 14.0 Å². The monoisotopic (exact) mass is 428 g/mol. The highest BCUT2D eigenvalue weighted by Crippen LogP contribution is 2.26. The molecule has 156 valence electrons. The van der Waals surface area contributed by atoms with Crippen molar-refractivity contribution in [2.75, 3.05) is 11.4 Å². The van der Waals surface area contributed by atoms with Gasteiger partial charge in [0, 0.05) is 18.7 Å². The molecule has 2 amide bonds. The fourth-order valence-corrected chi connectivity index (χ4v) is 3.41. The zero-order chi connectivity index (χ0) is 21.8. The van der Waals surface area contributed by atoms with Gasteiger partial charge in [-0.1, -0.05) is 41.4 Å². The Balaban J connectivity index is 1.93. The molecule has 0 atom stereocenters. The van der Waals surface area contributed by atoms with Gasteiger partial charge in [-0.05, 0) is 43.7 Å². The van der Waals surface area contributed by atoms with Crippen LogP contribution in [0.2, 0.25) is 5.15 Å². The first kappa shape index (κ1) is 21.5. The minimum atomic E-state index is -0.548. The smallest absolute Gasteiger partial charge is 0.263 e. The summed E-state index contributed by atoms with van der Waals surface area (Å²) in [5, 5.41) is 4.62. The first-order valence-corrected chi connectivity index (χ1v) is 9.78. The van der Waals surface area contributed by atoms with Gasteiger partial charge in [0.2, 0.25) is 5.91 Å². The SMILES string of the molecule is Cc1ccc(Cn2nc(C)c(C(=O)N(CCC(N)=O)c3ccc(F)cc3)c2Cl)cc1. The van der Waals surface area contributed by atoms with Crippen LogP contribution in [0.1, 0.15) is 33.6 Å². The number of rotatable bonds is 7. The molecule has 1 heterocycles. The molecule has 0 saturated heterocycles. The molecule has 1 aromatic heterocycles. The lowest BCUT2D eigenvalue weighted by Crippen LogP contribution is -2.34. The fraction of sp³-hybridized carbons (Fsp3) is 0.227. The second kappa shape index (κ2) is 9.09. The topological polar surface area (TPSA) is 81.2 Å². The summed E-state index contributed by atoms with van der Waals surface area (Å²) in [5.41, 5.74) is 8.53. The average Bonchev–Trinajstić information content (AvgIpc) is 2.98. The fourth-order valence-electron chi connectivity index (χ4n) is 3.09. The van der Waals surface area contributed by atoms with Crippen molar-refractivity contribution in [3.63, 3.8) is 0 Å². The number of aromatic nitrogens is 2. The number of primary amides is 1. The van der Waals surface area contributed by atoms with E-state index >= 15 is 0 Å². The Hall–Kier alpha value is -3.19. The Morgan fingerprint density at radius 1 is 1.10 bits per heavy atom. The maximum atomic E-state index is 13.3. The molecule has 6 nitrogen and oxygen atoms in total. The number of anilines is 1. The number of aryl methyl sites for hydroxylation is 2. The van der Waals surface area contributed by atoms with Crippen LogP contribution in [0.3, 0.4) is 0 Å². The van der Waals surface area contributed by atoms with Crippen molar-refractivity contribution >= 4 is 29.1 Å². The molecule has 2 N–H and O–H groups in total. The summed E-state index contributed by atoms with van der Waals surface area (Å²) in [6.45, 7) is 4.15. The quantitative estimate of drug-likeness (QED) is 0.620. The van der Waals surface area contributed by atoms with E-state index in [-0.39, 0.29) is 23.7 Å². The lowest BCUT2D eigenvalue weighted by Gasteiger charge is -2.22. The minimum Gasteiger partial charge on any atom is -0.370 e. The summed E-state index contributed by atoms with van der Waals surface area (Å²) in [6.07, 6.45) is -0.0444. The Morgan fingerprint density at radius 3 is 2.33 bits per heavy atom. The molecule has 0 fully saturated rings. The first-order chi connectivity index (χ1) is 14.3. The maximum absolute atomic E-state index is 13.3. The van der Waals surface area contributed by atoms with Crippen LogP contribution in [-0.2, 0) is 11.3 Å². The Kier molecular flexibility index (Phi) is 6.52. The Bertz CT molecular complexity index is 1060. The summed E-state index contributed by atoms with van der Waals surface area (Å²) in [6, 6.07) is 13.4. The van der Waals surface area contributed by atoms with Gasteiger partial charge in [-0.25, -0.2) is 9.07 Å². The van der Waals surface area contributed by atoms with Crippen LogP contribution in [0, 0.1) is 19.7 Å². The van der Waals surface area contributed by atoms with Gasteiger partial charge >= 0.3 is 0 Å². The predicted octanol–water partition coefficient (Wildman–Crippen LogP) is 3.86. The van der Waals surface area contributed by atoms with Gasteiger partial charge in [0.1, 0.15) is 11.0 Å². The van der Waals surface area contributed by atoms with Crippen LogP contribution in [0.15, 0.2) is 48.5 Å². The van der Waals surface area contributed by atoms with E-state index in [0.717, 1.165) is 11.1 Å². The molecule has 0 aliphatic rings. The molecule has 0 aliphatic heterocycles. The third-order valence-corrected chi connectivity index (χ3v) is 5.08. The Labute approximate surface area is 179 Å². The van der Waals surface area contributed by atoms with E-state index in [1.54, 1.807) is 11.6 Å². The van der Waals surface area contributed by atoms with Gasteiger partial charge in [0.25, 0.3) is 5.91 Å². The van der Waals surface area contributed by atoms with Gasteiger partial charge in [-0.2, -0.15) is 5.10 Å². The van der Waals surface area contributed by atoms with Crippen LogP contribution in [0.25, 0.3) is 0 Å². The number of nitrogens with two attached hydrogens (primary N) is 1. The second-order valence-corrected chi connectivity index (χ2v) is 7.40. The van der Waals surface area contributed by atoms with Crippen LogP contribution in [0.4, 0.5) is 10.1 Å². The zero-order valence-corrected chi connectivity index (χ0v) is 17.5. The van der Waals surface area contributed by atoms with Crippen molar-refractivity contribution in [1.29, 1.82) is 0 Å². The minimum absolute atomic E-state index is 0.0404. The van der Waals surface area contributed by atoms with Crippen LogP contribution in [0.5, 0.6) is 0 Å². The van der Waals surface area contributed by atoms with Crippen molar-refractivity contribution in [1.82, 2.24) is 9.78 Å². The number of amides is 2. The van der Waals surface area contributed by atoms with E-state index in [1.165, 1.54) is 29.2 Å². The molecule has 0 spiro atoms. The number of hydrogen-bond acceptors (Lipinski definition) is 3. The van der Waals surface area contributed by atoms with Gasteiger partial charge < -0.3 is 10.6 Å². The standard InChI is InChI=1S/C22H22ClFN4O2/c1-14-3-5-16(6-4-14)13-28-21(23)20(15(2)26-28)22(30)27(12-11-19(25)29)18-9-7-17(24)8-10-18/h3-10H,11-13H2,1-2H3,(H2,25,29). The van der Waals surface area contributed by atoms with Crippen molar-refractivity contribution < 1.29 is 14.0 Å². The summed E-state index contributed by atoms with van der Waals surface area (Å²) in [5.74, 6) is -1.41. The first-order valence-electron chi connectivity index (χ1n) is 9.40. The molecular weight excluding hydrogens is 407 g/mol. The second-order valence-electron chi connectivity index (χ2n) is 7.04. The highest BCUT2D eigenvalue weighted by molar-refractivity contribution is 6.33. The van der Waals surface area contributed by atoms with E-state index in [0.29, 0.717) is 17.9 Å². The lowest BCUT2D eigenvalue weighted by atomic mass is 10.1. The van der Waals surface area contributed by atoms with Crippen molar-refractivity contribution in [3.05, 3.63) is 81.9 Å². The molecule has 8 heteroatoms. The molecule has 0 bridgehead atoms. The molecule has 3 aromatic rings. The van der Waals surface area contributed by atoms with Crippen molar-refractivity contribution in [2.24, 2.45) is 5.73 Å². The van der Waals surface area contributed by atoms with Crippen molar-refractivity contribution in [3.8, 4) is 0 Å². The molecule has 3 rings (SSSR count). The molecule has 30 heavy (non-hydrogen) atoms. The molecule has 0 saturated carbocycles. The van der Waals surface area contributed by atoms with Gasteiger partial charge in [-0.3, -0.25) is 9.59 Å². The van der Waals surface area contributed by atoms with E-state index in [1.807, 2.05) is 31.2 Å². The predicted molar refractivity (Wildman–Crippen MR) is 114 cm³/mol. The van der Waals surface area contributed by atoms with Crippen molar-refractivity contribution in [2.45, 2.75) is 26.8 Å². The highest BCUT2D eigenvalue weighted by atomic mass is 35.5. The number of halogens is 2. The summed E-state index contributed by atoms with van der Waals surface area (Å²) in [4.78, 5) is 26.0. The molecule has 0 aliphatic carbocycles. The number of carbonyl (C=O) groups excluding carboxylic acids is 2. The van der Waals surface area contributed by atoms with Gasteiger partial charge in [-0.15, -0.1) is 0 Å². The molecule has 0 unspecified atom stereocenters. The van der Waals surface area contributed by atoms with E-state index in [4.69, 9.17) is 17.3 Å². The van der Waals surface area contributed by atoms with E-state index < -0.39 is 17.6 Å². The summed E-state index contributed by atoms with van der Waals surface area (Å²) >= 11 is 6.53. The van der Waals surface area contributed by atoms with Crippen LogP contribution in [-0.4, -0.2) is 28.1 Å². The highest BCUT2D eigenvalue weighted by Gasteiger charge is 2.26. The zero-order valence-electron chi connectivity index (χ0n) is 16.7. The number of carbonyl (C=O) groups is 2. The lowest BCUT2D eigenvalue weighted by molar-refractivity contribution is -0.117. The molecule has 2 aromatic carbocycles. The third-order valence-electron chi connectivity index (χ3n) is 4.70. The summed E-state index contributed by atoms with van der Waals surface area (Å²) in [7, 11) is 0. The third kappa shape index (κ3) is 4.86. The number of benzene rings is 2. The number of nitrogens with zero attached hydrogens (tertiary/aromatic N) is 3. The van der Waals surface area contributed by atoms with Crippen LogP contribution < -0.4 is 10.6 Å².